The molecule has 0 bridgehead atoms. The van der Waals surface area contributed by atoms with Crippen LogP contribution in [0, 0.1) is 0 Å². The van der Waals surface area contributed by atoms with Gasteiger partial charge in [-0.15, -0.1) is 11.6 Å². The van der Waals surface area contributed by atoms with Crippen molar-refractivity contribution < 1.29 is 0 Å². The highest BCUT2D eigenvalue weighted by atomic mass is 35.5. The smallest absolute Gasteiger partial charge is 0.0351 e. The summed E-state index contributed by atoms with van der Waals surface area (Å²) in [6.45, 7) is 6.68. The Morgan fingerprint density at radius 2 is 2.11 bits per heavy atom. The van der Waals surface area contributed by atoms with Crippen molar-refractivity contribution in [3.05, 3.63) is 35.4 Å². The van der Waals surface area contributed by atoms with Crippen molar-refractivity contribution >= 4 is 11.6 Å². The highest BCUT2D eigenvalue weighted by Gasteiger charge is 2.22. The predicted octanol–water partition coefficient (Wildman–Crippen LogP) is 4.06. The second kappa shape index (κ2) is 6.58. The van der Waals surface area contributed by atoms with E-state index < -0.39 is 0 Å². The highest BCUT2D eigenvalue weighted by Crippen LogP contribution is 2.32. The topological polar surface area (TPSA) is 3.24 Å². The van der Waals surface area contributed by atoms with Gasteiger partial charge < -0.3 is 0 Å². The van der Waals surface area contributed by atoms with Crippen LogP contribution in [0.15, 0.2) is 24.3 Å². The summed E-state index contributed by atoms with van der Waals surface area (Å²) < 4.78 is 0. The summed E-state index contributed by atoms with van der Waals surface area (Å²) in [7, 11) is 0. The van der Waals surface area contributed by atoms with Crippen LogP contribution >= 0.6 is 11.6 Å². The maximum Gasteiger partial charge on any atom is 0.0351 e. The highest BCUT2D eigenvalue weighted by molar-refractivity contribution is 6.18. The Hall–Kier alpha value is -0.530. The van der Waals surface area contributed by atoms with Gasteiger partial charge in [-0.3, -0.25) is 4.90 Å². The zero-order valence-corrected chi connectivity index (χ0v) is 12.3. The lowest BCUT2D eigenvalue weighted by atomic mass is 9.82. The molecule has 100 valence electrons. The molecule has 1 nitrogen and oxygen atoms in total. The summed E-state index contributed by atoms with van der Waals surface area (Å²) in [6, 6.07) is 9.54. The normalized spacial score (nSPS) is 19.3. The lowest BCUT2D eigenvalue weighted by Gasteiger charge is -2.33. The molecule has 0 amide bonds. The van der Waals surface area contributed by atoms with E-state index in [2.05, 4.69) is 43.0 Å². The lowest BCUT2D eigenvalue weighted by Crippen LogP contribution is -2.37. The first kappa shape index (κ1) is 13.9. The van der Waals surface area contributed by atoms with E-state index in [4.69, 9.17) is 11.6 Å². The number of nitrogens with zero attached hydrogens (tertiary/aromatic N) is 1. The van der Waals surface area contributed by atoms with Crippen molar-refractivity contribution in [1.82, 2.24) is 4.90 Å². The first-order chi connectivity index (χ1) is 8.72. The first-order valence-corrected chi connectivity index (χ1v) is 7.63. The van der Waals surface area contributed by atoms with E-state index in [0.29, 0.717) is 12.0 Å². The monoisotopic (exact) mass is 265 g/mol. The Labute approximate surface area is 116 Å². The molecular formula is C16H24ClN. The molecule has 1 aromatic rings. The summed E-state index contributed by atoms with van der Waals surface area (Å²) in [5.74, 6) is 1.42. The molecule has 0 aromatic heterocycles. The van der Waals surface area contributed by atoms with Crippen LogP contribution in [0.5, 0.6) is 0 Å². The van der Waals surface area contributed by atoms with Gasteiger partial charge in [0, 0.05) is 25.0 Å². The van der Waals surface area contributed by atoms with Gasteiger partial charge in [0.25, 0.3) is 0 Å². The first-order valence-electron chi connectivity index (χ1n) is 7.10. The molecule has 18 heavy (non-hydrogen) atoms. The summed E-state index contributed by atoms with van der Waals surface area (Å²) in [5, 5.41) is 0. The van der Waals surface area contributed by atoms with Crippen LogP contribution < -0.4 is 0 Å². The molecule has 0 aliphatic heterocycles. The minimum atomic E-state index is 0.581. The number of rotatable bonds is 5. The molecule has 2 rings (SSSR count). The average molecular weight is 266 g/mol. The minimum absolute atomic E-state index is 0.581. The standard InChI is InChI=1S/C16H24ClN/c1-13(2)18(11-10-17)12-15-8-5-7-14-6-3-4-9-16(14)15/h3-4,6,9,13,15H,5,7-8,10-12H2,1-2H3. The molecule has 0 radical (unpaired) electrons. The van der Waals surface area contributed by atoms with Crippen molar-refractivity contribution in [2.75, 3.05) is 19.0 Å². The van der Waals surface area contributed by atoms with Gasteiger partial charge in [-0.25, -0.2) is 0 Å². The third kappa shape index (κ3) is 3.27. The van der Waals surface area contributed by atoms with Crippen molar-refractivity contribution in [2.45, 2.75) is 45.1 Å². The molecule has 0 N–H and O–H groups in total. The second-order valence-corrected chi connectivity index (χ2v) is 5.94. The van der Waals surface area contributed by atoms with Gasteiger partial charge in [0.2, 0.25) is 0 Å². The van der Waals surface area contributed by atoms with Crippen LogP contribution in [0.2, 0.25) is 0 Å². The van der Waals surface area contributed by atoms with Crippen LogP contribution in [0.1, 0.15) is 43.7 Å². The SMILES string of the molecule is CC(C)N(CCCl)CC1CCCc2ccccc21. The number of aryl methyl sites for hydroxylation is 1. The van der Waals surface area contributed by atoms with E-state index in [9.17, 15) is 0 Å². The van der Waals surface area contributed by atoms with E-state index in [1.54, 1.807) is 11.1 Å². The summed E-state index contributed by atoms with van der Waals surface area (Å²) in [6.07, 6.45) is 3.90. The fourth-order valence-electron chi connectivity index (χ4n) is 3.00. The fourth-order valence-corrected chi connectivity index (χ4v) is 3.21. The molecule has 1 aliphatic rings. The van der Waals surface area contributed by atoms with Gasteiger partial charge in [-0.05, 0) is 50.2 Å². The third-order valence-electron chi connectivity index (χ3n) is 4.05. The Morgan fingerprint density at radius 1 is 1.33 bits per heavy atom. The van der Waals surface area contributed by atoms with E-state index in [1.807, 2.05) is 0 Å². The molecule has 0 saturated heterocycles. The number of alkyl halides is 1. The predicted molar refractivity (Wildman–Crippen MR) is 79.6 cm³/mol. The van der Waals surface area contributed by atoms with E-state index >= 15 is 0 Å². The molecule has 2 heteroatoms. The third-order valence-corrected chi connectivity index (χ3v) is 4.22. The number of benzene rings is 1. The zero-order valence-electron chi connectivity index (χ0n) is 11.5. The van der Waals surface area contributed by atoms with E-state index in [1.165, 1.54) is 19.3 Å². The average Bonchev–Trinajstić information content (AvgIpc) is 2.38. The van der Waals surface area contributed by atoms with Crippen LogP contribution in [0.4, 0.5) is 0 Å². The van der Waals surface area contributed by atoms with Crippen molar-refractivity contribution in [3.8, 4) is 0 Å². The molecule has 1 unspecified atom stereocenters. The molecule has 1 aliphatic carbocycles. The van der Waals surface area contributed by atoms with E-state index in [-0.39, 0.29) is 0 Å². The Morgan fingerprint density at radius 3 is 2.83 bits per heavy atom. The van der Waals surface area contributed by atoms with Crippen LogP contribution in [-0.2, 0) is 6.42 Å². The van der Waals surface area contributed by atoms with Crippen molar-refractivity contribution in [1.29, 1.82) is 0 Å². The fraction of sp³-hybridized carbons (Fsp3) is 0.625. The Balaban J connectivity index is 2.10. The maximum atomic E-state index is 5.92. The summed E-state index contributed by atoms with van der Waals surface area (Å²) in [5.41, 5.74) is 3.13. The maximum absolute atomic E-state index is 5.92. The van der Waals surface area contributed by atoms with E-state index in [0.717, 1.165) is 19.0 Å². The zero-order chi connectivity index (χ0) is 13.0. The molecule has 0 fully saturated rings. The number of hydrogen-bond donors (Lipinski definition) is 0. The van der Waals surface area contributed by atoms with Gasteiger partial charge in [-0.1, -0.05) is 24.3 Å². The number of halogens is 1. The molecule has 0 heterocycles. The van der Waals surface area contributed by atoms with Crippen molar-refractivity contribution in [2.24, 2.45) is 0 Å². The summed E-state index contributed by atoms with van der Waals surface area (Å²) >= 11 is 5.92. The van der Waals surface area contributed by atoms with Crippen molar-refractivity contribution in [3.63, 3.8) is 0 Å². The number of hydrogen-bond acceptors (Lipinski definition) is 1. The molecule has 1 atom stereocenters. The minimum Gasteiger partial charge on any atom is -0.299 e. The Kier molecular flexibility index (Phi) is 5.08. The molecular weight excluding hydrogens is 242 g/mol. The molecule has 0 saturated carbocycles. The molecule has 0 spiro atoms. The van der Waals surface area contributed by atoms with Crippen LogP contribution in [0.25, 0.3) is 0 Å². The second-order valence-electron chi connectivity index (χ2n) is 5.57. The Bertz CT molecular complexity index is 375. The van der Waals surface area contributed by atoms with Crippen LogP contribution in [0.3, 0.4) is 0 Å². The van der Waals surface area contributed by atoms with Gasteiger partial charge in [0.1, 0.15) is 0 Å². The van der Waals surface area contributed by atoms with Gasteiger partial charge in [0.05, 0.1) is 0 Å². The van der Waals surface area contributed by atoms with Gasteiger partial charge in [0.15, 0.2) is 0 Å². The van der Waals surface area contributed by atoms with Gasteiger partial charge in [-0.2, -0.15) is 0 Å². The number of fused-ring (bicyclic) bond motifs is 1. The summed E-state index contributed by atoms with van der Waals surface area (Å²) in [4.78, 5) is 2.51. The molecule has 1 aromatic carbocycles. The quantitative estimate of drug-likeness (QED) is 0.726. The van der Waals surface area contributed by atoms with Crippen LogP contribution in [-0.4, -0.2) is 29.9 Å². The van der Waals surface area contributed by atoms with Gasteiger partial charge >= 0.3 is 0 Å². The largest absolute Gasteiger partial charge is 0.299 e. The lowest BCUT2D eigenvalue weighted by molar-refractivity contribution is 0.213.